The number of ether oxygens (including phenoxy) is 1. The molecule has 0 amide bonds. The van der Waals surface area contributed by atoms with Crippen molar-refractivity contribution < 1.29 is 27.6 Å². The molecule has 1 rings (SSSR count). The van der Waals surface area contributed by atoms with Crippen LogP contribution in [0.4, 0.5) is 19.0 Å². The van der Waals surface area contributed by atoms with E-state index in [1.165, 1.54) is 0 Å². The summed E-state index contributed by atoms with van der Waals surface area (Å²) in [6, 6.07) is 0.740. The van der Waals surface area contributed by atoms with E-state index in [1.54, 1.807) is 0 Å². The zero-order chi connectivity index (χ0) is 14.1. The number of aromatic nitrogens is 1. The number of nitro groups is 1. The standard InChI is InChI=1S/C8H4ClF3N2O4/c1-3-2-4(14(16)17)13-5(7(9)15)6(3)18-8(10,11)12/h2H,1H3. The lowest BCUT2D eigenvalue weighted by atomic mass is 10.2. The molecule has 0 radical (unpaired) electrons. The smallest absolute Gasteiger partial charge is 0.401 e. The van der Waals surface area contributed by atoms with E-state index in [4.69, 9.17) is 11.6 Å². The SMILES string of the molecule is Cc1cc([N+](=O)[O-])nc(C(=O)Cl)c1OC(F)(F)F. The van der Waals surface area contributed by atoms with Gasteiger partial charge >= 0.3 is 12.2 Å². The van der Waals surface area contributed by atoms with Crippen molar-refractivity contribution >= 4 is 22.7 Å². The second kappa shape index (κ2) is 4.77. The van der Waals surface area contributed by atoms with Crippen LogP contribution in [0.1, 0.15) is 16.1 Å². The van der Waals surface area contributed by atoms with Crippen LogP contribution in [0, 0.1) is 17.0 Å². The molecular weight excluding hydrogens is 281 g/mol. The Hall–Kier alpha value is -1.90. The number of nitrogens with zero attached hydrogens (tertiary/aromatic N) is 2. The Morgan fingerprint density at radius 3 is 2.50 bits per heavy atom. The summed E-state index contributed by atoms with van der Waals surface area (Å²) < 4.78 is 39.8. The molecule has 0 aliphatic carbocycles. The van der Waals surface area contributed by atoms with Crippen molar-refractivity contribution in [3.8, 4) is 5.75 Å². The van der Waals surface area contributed by atoms with Crippen LogP contribution in [0.15, 0.2) is 6.07 Å². The van der Waals surface area contributed by atoms with Gasteiger partial charge in [0.15, 0.2) is 5.75 Å². The van der Waals surface area contributed by atoms with Crippen molar-refractivity contribution in [1.29, 1.82) is 0 Å². The van der Waals surface area contributed by atoms with Gasteiger partial charge in [0.25, 0.3) is 10.9 Å². The van der Waals surface area contributed by atoms with Crippen LogP contribution in [-0.2, 0) is 0 Å². The molecule has 98 valence electrons. The van der Waals surface area contributed by atoms with Crippen LogP contribution in [0.5, 0.6) is 5.75 Å². The maximum Gasteiger partial charge on any atom is 0.573 e. The van der Waals surface area contributed by atoms with Crippen molar-refractivity contribution in [2.24, 2.45) is 0 Å². The molecule has 0 fully saturated rings. The average molecular weight is 285 g/mol. The quantitative estimate of drug-likeness (QED) is 0.484. The minimum Gasteiger partial charge on any atom is -0.401 e. The molecule has 18 heavy (non-hydrogen) atoms. The summed E-state index contributed by atoms with van der Waals surface area (Å²) in [6.07, 6.45) is -5.07. The Bertz CT molecular complexity index is 518. The minimum atomic E-state index is -5.07. The van der Waals surface area contributed by atoms with Crippen molar-refractivity contribution in [2.45, 2.75) is 13.3 Å². The highest BCUT2D eigenvalue weighted by molar-refractivity contribution is 6.67. The lowest BCUT2D eigenvalue weighted by Crippen LogP contribution is -2.20. The molecule has 1 heterocycles. The minimum absolute atomic E-state index is 0.280. The third-order valence-corrected chi connectivity index (χ3v) is 1.92. The molecule has 0 aliphatic heterocycles. The summed E-state index contributed by atoms with van der Waals surface area (Å²) in [7, 11) is 0. The van der Waals surface area contributed by atoms with Gasteiger partial charge in [-0.25, -0.2) is 0 Å². The summed E-state index contributed by atoms with van der Waals surface area (Å²) in [5.41, 5.74) is -1.24. The molecule has 10 heteroatoms. The molecule has 0 unspecified atom stereocenters. The molecule has 0 N–H and O–H groups in total. The highest BCUT2D eigenvalue weighted by atomic mass is 35.5. The maximum absolute atomic E-state index is 12.1. The first-order valence-electron chi connectivity index (χ1n) is 4.23. The number of carbonyl (C=O) groups excluding carboxylic acids is 1. The Morgan fingerprint density at radius 1 is 1.56 bits per heavy atom. The van der Waals surface area contributed by atoms with Gasteiger partial charge in [0.1, 0.15) is 0 Å². The average Bonchev–Trinajstić information content (AvgIpc) is 2.18. The fraction of sp³-hybridized carbons (Fsp3) is 0.250. The first kappa shape index (κ1) is 14.2. The zero-order valence-electron chi connectivity index (χ0n) is 8.62. The Morgan fingerprint density at radius 2 is 2.11 bits per heavy atom. The van der Waals surface area contributed by atoms with Gasteiger partial charge < -0.3 is 14.9 Å². The number of pyridine rings is 1. The van der Waals surface area contributed by atoms with E-state index in [2.05, 4.69) is 9.72 Å². The van der Waals surface area contributed by atoms with Crippen molar-refractivity contribution in [3.05, 3.63) is 27.4 Å². The number of hydrogen-bond acceptors (Lipinski definition) is 5. The topological polar surface area (TPSA) is 82.3 Å². The molecule has 0 aromatic carbocycles. The van der Waals surface area contributed by atoms with Gasteiger partial charge in [0.05, 0.1) is 0 Å². The summed E-state index contributed by atoms with van der Waals surface area (Å²) in [5, 5.41) is 9.06. The van der Waals surface area contributed by atoms with Gasteiger partial charge in [0, 0.05) is 11.6 Å². The molecule has 0 spiro atoms. The third-order valence-electron chi connectivity index (χ3n) is 1.74. The fourth-order valence-electron chi connectivity index (χ4n) is 1.11. The molecule has 1 aromatic heterocycles. The van der Waals surface area contributed by atoms with Gasteiger partial charge in [0.2, 0.25) is 0 Å². The number of rotatable bonds is 3. The van der Waals surface area contributed by atoms with E-state index >= 15 is 0 Å². The Labute approximate surface area is 102 Å². The van der Waals surface area contributed by atoms with E-state index in [9.17, 15) is 28.1 Å². The molecule has 0 bridgehead atoms. The van der Waals surface area contributed by atoms with E-state index in [1.807, 2.05) is 0 Å². The molecule has 0 aliphatic rings. The summed E-state index contributed by atoms with van der Waals surface area (Å²) in [4.78, 5) is 23.5. The predicted molar refractivity (Wildman–Crippen MR) is 52.5 cm³/mol. The monoisotopic (exact) mass is 284 g/mol. The number of aryl methyl sites for hydroxylation is 1. The fourth-order valence-corrected chi connectivity index (χ4v) is 1.24. The van der Waals surface area contributed by atoms with E-state index in [0.29, 0.717) is 0 Å². The van der Waals surface area contributed by atoms with Crippen LogP contribution in [0.3, 0.4) is 0 Å². The van der Waals surface area contributed by atoms with Crippen molar-refractivity contribution in [2.75, 3.05) is 0 Å². The van der Waals surface area contributed by atoms with Crippen LogP contribution in [0.25, 0.3) is 0 Å². The Balaban J connectivity index is 3.41. The largest absolute Gasteiger partial charge is 0.573 e. The predicted octanol–water partition coefficient (Wildman–Crippen LogP) is 2.58. The second-order valence-corrected chi connectivity index (χ2v) is 3.40. The highest BCUT2D eigenvalue weighted by Crippen LogP contribution is 2.31. The molecular formula is C8H4ClF3N2O4. The van der Waals surface area contributed by atoms with Gasteiger partial charge in [-0.1, -0.05) is 0 Å². The first-order valence-corrected chi connectivity index (χ1v) is 4.61. The van der Waals surface area contributed by atoms with Gasteiger partial charge in [-0.3, -0.25) is 4.79 Å². The van der Waals surface area contributed by atoms with E-state index in [-0.39, 0.29) is 5.56 Å². The summed E-state index contributed by atoms with van der Waals surface area (Å²) >= 11 is 5.01. The van der Waals surface area contributed by atoms with E-state index < -0.39 is 33.8 Å². The van der Waals surface area contributed by atoms with Crippen molar-refractivity contribution in [3.63, 3.8) is 0 Å². The number of hydrogen-bond donors (Lipinski definition) is 0. The lowest BCUT2D eigenvalue weighted by Gasteiger charge is -2.11. The van der Waals surface area contributed by atoms with Crippen LogP contribution >= 0.6 is 11.6 Å². The highest BCUT2D eigenvalue weighted by Gasteiger charge is 2.36. The van der Waals surface area contributed by atoms with E-state index in [0.717, 1.165) is 13.0 Å². The van der Waals surface area contributed by atoms with Crippen LogP contribution < -0.4 is 4.74 Å². The summed E-state index contributed by atoms with van der Waals surface area (Å²) in [5.74, 6) is -1.75. The second-order valence-electron chi connectivity index (χ2n) is 3.05. The number of carbonyl (C=O) groups is 1. The molecule has 0 saturated carbocycles. The maximum atomic E-state index is 12.1. The van der Waals surface area contributed by atoms with Crippen LogP contribution in [-0.4, -0.2) is 21.5 Å². The first-order chi connectivity index (χ1) is 8.11. The third kappa shape index (κ3) is 3.29. The lowest BCUT2D eigenvalue weighted by molar-refractivity contribution is -0.389. The van der Waals surface area contributed by atoms with Crippen LogP contribution in [0.2, 0.25) is 0 Å². The molecule has 1 aromatic rings. The number of alkyl halides is 3. The summed E-state index contributed by atoms with van der Waals surface area (Å²) in [6.45, 7) is 1.10. The molecule has 0 saturated heterocycles. The van der Waals surface area contributed by atoms with Gasteiger partial charge in [-0.15, -0.1) is 13.2 Å². The zero-order valence-corrected chi connectivity index (χ0v) is 9.37. The van der Waals surface area contributed by atoms with Crippen molar-refractivity contribution in [1.82, 2.24) is 4.98 Å². The van der Waals surface area contributed by atoms with Gasteiger partial charge in [-0.05, 0) is 28.4 Å². The Kier molecular flexibility index (Phi) is 3.75. The van der Waals surface area contributed by atoms with Gasteiger partial charge in [-0.2, -0.15) is 0 Å². The molecule has 0 atom stereocenters. The molecule has 6 nitrogen and oxygen atoms in total. The number of halogens is 4. The normalized spacial score (nSPS) is 11.2.